The number of aliphatic hydroxyl groups excluding tert-OH is 1. The van der Waals surface area contributed by atoms with Gasteiger partial charge in [0.05, 0.1) is 0 Å². The molecule has 0 amide bonds. The summed E-state index contributed by atoms with van der Waals surface area (Å²) < 4.78 is 0. The molecule has 0 aliphatic rings. The molecule has 3 heteroatoms. The van der Waals surface area contributed by atoms with Crippen molar-refractivity contribution in [3.05, 3.63) is 0 Å². The van der Waals surface area contributed by atoms with Gasteiger partial charge in [-0.25, -0.2) is 0 Å². The summed E-state index contributed by atoms with van der Waals surface area (Å²) >= 11 is 0. The standard InChI is InChI=1S/C12H28N2O/c1-11(2)12(9-13)10-14(3)7-5-4-6-8-15/h11-12,15H,4-10,13H2,1-3H3. The first-order valence-electron chi connectivity index (χ1n) is 6.11. The molecular weight excluding hydrogens is 188 g/mol. The van der Waals surface area contributed by atoms with Crippen LogP contribution in [0.4, 0.5) is 0 Å². The molecule has 3 nitrogen and oxygen atoms in total. The zero-order valence-corrected chi connectivity index (χ0v) is 10.6. The Bertz CT molecular complexity index is 140. The average molecular weight is 216 g/mol. The van der Waals surface area contributed by atoms with Gasteiger partial charge in [-0.3, -0.25) is 0 Å². The van der Waals surface area contributed by atoms with Crippen molar-refractivity contribution in [3.8, 4) is 0 Å². The first-order chi connectivity index (χ1) is 7.11. The van der Waals surface area contributed by atoms with E-state index in [4.69, 9.17) is 10.8 Å². The summed E-state index contributed by atoms with van der Waals surface area (Å²) in [5.74, 6) is 1.27. The van der Waals surface area contributed by atoms with Gasteiger partial charge in [0.15, 0.2) is 0 Å². The minimum Gasteiger partial charge on any atom is -0.396 e. The van der Waals surface area contributed by atoms with E-state index >= 15 is 0 Å². The summed E-state index contributed by atoms with van der Waals surface area (Å²) in [6.45, 7) is 7.77. The summed E-state index contributed by atoms with van der Waals surface area (Å²) in [5, 5.41) is 8.66. The Hall–Kier alpha value is -0.120. The number of hydrogen-bond acceptors (Lipinski definition) is 3. The highest BCUT2D eigenvalue weighted by Crippen LogP contribution is 2.10. The van der Waals surface area contributed by atoms with Crippen LogP contribution in [0.1, 0.15) is 33.1 Å². The maximum atomic E-state index is 8.66. The predicted molar refractivity (Wildman–Crippen MR) is 65.8 cm³/mol. The monoisotopic (exact) mass is 216 g/mol. The van der Waals surface area contributed by atoms with E-state index in [0.717, 1.165) is 32.5 Å². The summed E-state index contributed by atoms with van der Waals surface area (Å²) in [6, 6.07) is 0. The molecule has 0 radical (unpaired) electrons. The van der Waals surface area contributed by atoms with Crippen LogP contribution < -0.4 is 5.73 Å². The van der Waals surface area contributed by atoms with Crippen LogP contribution in [0.25, 0.3) is 0 Å². The summed E-state index contributed by atoms with van der Waals surface area (Å²) in [4.78, 5) is 2.36. The van der Waals surface area contributed by atoms with Crippen molar-refractivity contribution in [2.75, 3.05) is 33.3 Å². The van der Waals surface area contributed by atoms with Crippen molar-refractivity contribution in [3.63, 3.8) is 0 Å². The van der Waals surface area contributed by atoms with Crippen LogP contribution in [-0.4, -0.2) is 43.3 Å². The zero-order chi connectivity index (χ0) is 11.7. The van der Waals surface area contributed by atoms with E-state index in [0.29, 0.717) is 18.4 Å². The van der Waals surface area contributed by atoms with Crippen LogP contribution in [0.15, 0.2) is 0 Å². The molecule has 1 unspecified atom stereocenters. The van der Waals surface area contributed by atoms with Gasteiger partial charge in [-0.1, -0.05) is 13.8 Å². The Balaban J connectivity index is 3.57. The molecule has 0 saturated heterocycles. The second-order valence-electron chi connectivity index (χ2n) is 4.79. The molecule has 0 fully saturated rings. The van der Waals surface area contributed by atoms with Crippen LogP contribution in [-0.2, 0) is 0 Å². The molecule has 0 heterocycles. The van der Waals surface area contributed by atoms with E-state index in [1.54, 1.807) is 0 Å². The fourth-order valence-corrected chi connectivity index (χ4v) is 1.72. The number of nitrogens with zero attached hydrogens (tertiary/aromatic N) is 1. The molecule has 0 aromatic carbocycles. The molecule has 92 valence electrons. The van der Waals surface area contributed by atoms with Gasteiger partial charge in [0.25, 0.3) is 0 Å². The topological polar surface area (TPSA) is 49.5 Å². The van der Waals surface area contributed by atoms with Gasteiger partial charge in [-0.2, -0.15) is 0 Å². The van der Waals surface area contributed by atoms with Gasteiger partial charge in [-0.15, -0.1) is 0 Å². The van der Waals surface area contributed by atoms with Gasteiger partial charge in [0.2, 0.25) is 0 Å². The summed E-state index contributed by atoms with van der Waals surface area (Å²) in [6.07, 6.45) is 3.22. The number of unbranched alkanes of at least 4 members (excludes halogenated alkanes) is 2. The molecule has 0 spiro atoms. The van der Waals surface area contributed by atoms with Crippen molar-refractivity contribution in [2.45, 2.75) is 33.1 Å². The number of nitrogens with two attached hydrogens (primary N) is 1. The number of hydrogen-bond donors (Lipinski definition) is 2. The van der Waals surface area contributed by atoms with E-state index in [2.05, 4.69) is 25.8 Å². The van der Waals surface area contributed by atoms with Gasteiger partial charge >= 0.3 is 0 Å². The third-order valence-corrected chi connectivity index (χ3v) is 2.99. The third-order valence-electron chi connectivity index (χ3n) is 2.99. The Morgan fingerprint density at radius 3 is 2.33 bits per heavy atom. The SMILES string of the molecule is CC(C)C(CN)CN(C)CCCCCO. The lowest BCUT2D eigenvalue weighted by Crippen LogP contribution is -2.33. The summed E-state index contributed by atoms with van der Waals surface area (Å²) in [5.41, 5.74) is 5.74. The van der Waals surface area contributed by atoms with E-state index in [1.165, 1.54) is 6.42 Å². The molecule has 0 saturated carbocycles. The Morgan fingerprint density at radius 2 is 1.87 bits per heavy atom. The van der Waals surface area contributed by atoms with Gasteiger partial charge in [0, 0.05) is 13.2 Å². The fraction of sp³-hybridized carbons (Fsp3) is 1.00. The maximum Gasteiger partial charge on any atom is 0.0431 e. The molecule has 0 aromatic heterocycles. The molecule has 0 aromatic rings. The highest BCUT2D eigenvalue weighted by atomic mass is 16.2. The average Bonchev–Trinajstić information content (AvgIpc) is 2.20. The molecular formula is C12H28N2O. The lowest BCUT2D eigenvalue weighted by atomic mass is 9.95. The molecule has 0 aliphatic heterocycles. The molecule has 0 aliphatic carbocycles. The Labute approximate surface area is 94.6 Å². The quantitative estimate of drug-likeness (QED) is 0.571. The Kier molecular flexibility index (Phi) is 9.06. The van der Waals surface area contributed by atoms with E-state index in [1.807, 2.05) is 0 Å². The van der Waals surface area contributed by atoms with E-state index in [9.17, 15) is 0 Å². The van der Waals surface area contributed by atoms with Gasteiger partial charge in [-0.05, 0) is 51.2 Å². The van der Waals surface area contributed by atoms with Crippen LogP contribution in [0.3, 0.4) is 0 Å². The third kappa shape index (κ3) is 7.77. The van der Waals surface area contributed by atoms with Crippen molar-refractivity contribution >= 4 is 0 Å². The molecule has 1 atom stereocenters. The first kappa shape index (κ1) is 14.9. The van der Waals surface area contributed by atoms with Crippen LogP contribution in [0, 0.1) is 11.8 Å². The van der Waals surface area contributed by atoms with Crippen molar-refractivity contribution in [1.82, 2.24) is 4.90 Å². The maximum absolute atomic E-state index is 8.66. The lowest BCUT2D eigenvalue weighted by molar-refractivity contribution is 0.231. The molecule has 15 heavy (non-hydrogen) atoms. The second kappa shape index (κ2) is 9.13. The van der Waals surface area contributed by atoms with E-state index < -0.39 is 0 Å². The first-order valence-corrected chi connectivity index (χ1v) is 6.11. The predicted octanol–water partition coefficient (Wildman–Crippen LogP) is 1.31. The normalized spacial score (nSPS) is 13.8. The summed E-state index contributed by atoms with van der Waals surface area (Å²) in [7, 11) is 2.16. The zero-order valence-electron chi connectivity index (χ0n) is 10.6. The minimum absolute atomic E-state index is 0.321. The highest BCUT2D eigenvalue weighted by Gasteiger charge is 2.13. The lowest BCUT2D eigenvalue weighted by Gasteiger charge is -2.25. The van der Waals surface area contributed by atoms with Gasteiger partial charge in [0.1, 0.15) is 0 Å². The number of rotatable bonds is 9. The highest BCUT2D eigenvalue weighted by molar-refractivity contribution is 4.67. The van der Waals surface area contributed by atoms with Crippen molar-refractivity contribution < 1.29 is 5.11 Å². The minimum atomic E-state index is 0.321. The van der Waals surface area contributed by atoms with Gasteiger partial charge < -0.3 is 15.7 Å². The van der Waals surface area contributed by atoms with Crippen molar-refractivity contribution in [2.24, 2.45) is 17.6 Å². The smallest absolute Gasteiger partial charge is 0.0431 e. The number of aliphatic hydroxyl groups is 1. The Morgan fingerprint density at radius 1 is 1.20 bits per heavy atom. The van der Waals surface area contributed by atoms with Crippen molar-refractivity contribution in [1.29, 1.82) is 0 Å². The fourth-order valence-electron chi connectivity index (χ4n) is 1.72. The largest absolute Gasteiger partial charge is 0.396 e. The second-order valence-corrected chi connectivity index (χ2v) is 4.79. The van der Waals surface area contributed by atoms with Crippen LogP contribution >= 0.6 is 0 Å². The van der Waals surface area contributed by atoms with Crippen LogP contribution in [0.2, 0.25) is 0 Å². The molecule has 0 rings (SSSR count). The van der Waals surface area contributed by atoms with E-state index in [-0.39, 0.29) is 0 Å². The molecule has 3 N–H and O–H groups in total. The molecule has 0 bridgehead atoms. The van der Waals surface area contributed by atoms with Crippen LogP contribution in [0.5, 0.6) is 0 Å².